The van der Waals surface area contributed by atoms with Gasteiger partial charge >= 0.3 is 5.97 Å². The number of thioether (sulfide) groups is 1. The summed E-state index contributed by atoms with van der Waals surface area (Å²) in [6.07, 6.45) is 0. The maximum absolute atomic E-state index is 11.9. The third-order valence-electron chi connectivity index (χ3n) is 3.08. The lowest BCUT2D eigenvalue weighted by Crippen LogP contribution is -2.49. The third kappa shape index (κ3) is 5.08. The molecule has 0 aliphatic carbocycles. The number of carboxylic acid groups (broad SMARTS) is 1. The van der Waals surface area contributed by atoms with Gasteiger partial charge in [0, 0.05) is 11.3 Å². The second kappa shape index (κ2) is 6.98. The minimum Gasteiger partial charge on any atom is -0.480 e. The summed E-state index contributed by atoms with van der Waals surface area (Å²) in [6.45, 7) is 9.03. The van der Waals surface area contributed by atoms with Gasteiger partial charge in [0.15, 0.2) is 0 Å². The van der Waals surface area contributed by atoms with Crippen LogP contribution in [0.1, 0.15) is 37.8 Å². The van der Waals surface area contributed by atoms with E-state index in [1.165, 1.54) is 11.8 Å². The summed E-state index contributed by atoms with van der Waals surface area (Å²) < 4.78 is 5.05. The number of carbonyl (C=O) groups excluding carboxylic acids is 1. The zero-order valence-corrected chi connectivity index (χ0v) is 13.8. The number of aliphatic carboxylic acids is 1. The number of aromatic nitrogens is 1. The number of carbonyl (C=O) groups is 2. The molecule has 1 aromatic rings. The van der Waals surface area contributed by atoms with Crippen molar-refractivity contribution in [3.63, 3.8) is 0 Å². The Kier molecular flexibility index (Phi) is 5.83. The van der Waals surface area contributed by atoms with Gasteiger partial charge in [-0.3, -0.25) is 4.79 Å². The van der Waals surface area contributed by atoms with Crippen molar-refractivity contribution >= 4 is 23.6 Å². The van der Waals surface area contributed by atoms with E-state index >= 15 is 0 Å². The smallest absolute Gasteiger partial charge is 0.326 e. The fraction of sp³-hybridized carbons (Fsp3) is 0.643. The fourth-order valence-corrected chi connectivity index (χ4v) is 2.79. The molecule has 0 saturated carbocycles. The molecule has 1 amide bonds. The molecular formula is C14H22N2O4S. The van der Waals surface area contributed by atoms with Gasteiger partial charge in [-0.15, -0.1) is 11.8 Å². The minimum atomic E-state index is -1.02. The van der Waals surface area contributed by atoms with Crippen LogP contribution >= 0.6 is 11.8 Å². The highest BCUT2D eigenvalue weighted by Gasteiger charge is 2.32. The Morgan fingerprint density at radius 2 is 2.00 bits per heavy atom. The normalized spacial score (nSPS) is 13.0. The van der Waals surface area contributed by atoms with Gasteiger partial charge in [0.05, 0.1) is 11.4 Å². The monoisotopic (exact) mass is 314 g/mol. The molecule has 0 aromatic carbocycles. The summed E-state index contributed by atoms with van der Waals surface area (Å²) in [5.74, 6) is 0.255. The molecule has 1 rings (SSSR count). The molecule has 0 radical (unpaired) electrons. The van der Waals surface area contributed by atoms with E-state index < -0.39 is 17.4 Å². The lowest BCUT2D eigenvalue weighted by molar-refractivity contribution is -0.144. The minimum absolute atomic E-state index is 0.198. The van der Waals surface area contributed by atoms with Gasteiger partial charge in [0.1, 0.15) is 11.8 Å². The highest BCUT2D eigenvalue weighted by atomic mass is 32.2. The van der Waals surface area contributed by atoms with Gasteiger partial charge in [-0.05, 0) is 19.3 Å². The van der Waals surface area contributed by atoms with Crippen LogP contribution in [0, 0.1) is 19.3 Å². The predicted molar refractivity (Wildman–Crippen MR) is 81.2 cm³/mol. The molecule has 21 heavy (non-hydrogen) atoms. The largest absolute Gasteiger partial charge is 0.480 e. The molecule has 1 heterocycles. The highest BCUT2D eigenvalue weighted by Crippen LogP contribution is 2.21. The molecule has 0 fully saturated rings. The number of nitrogens with zero attached hydrogens (tertiary/aromatic N) is 1. The van der Waals surface area contributed by atoms with Gasteiger partial charge in [-0.2, -0.15) is 0 Å². The molecule has 1 atom stereocenters. The van der Waals surface area contributed by atoms with Crippen LogP contribution in [0.5, 0.6) is 0 Å². The van der Waals surface area contributed by atoms with Crippen molar-refractivity contribution in [1.29, 1.82) is 0 Å². The van der Waals surface area contributed by atoms with Crippen molar-refractivity contribution in [3.8, 4) is 0 Å². The van der Waals surface area contributed by atoms with Crippen LogP contribution in [-0.4, -0.2) is 33.9 Å². The molecule has 0 bridgehead atoms. The molecule has 0 aliphatic heterocycles. The Morgan fingerprint density at radius 3 is 2.43 bits per heavy atom. The van der Waals surface area contributed by atoms with Gasteiger partial charge in [0.25, 0.3) is 0 Å². The van der Waals surface area contributed by atoms with E-state index in [4.69, 9.17) is 9.63 Å². The van der Waals surface area contributed by atoms with Crippen molar-refractivity contribution in [2.45, 2.75) is 46.4 Å². The van der Waals surface area contributed by atoms with E-state index in [0.717, 1.165) is 17.0 Å². The zero-order valence-electron chi connectivity index (χ0n) is 13.0. The topological polar surface area (TPSA) is 92.4 Å². The second-order valence-corrected chi connectivity index (χ2v) is 6.99. The molecule has 0 spiro atoms. The number of carboxylic acids is 1. The quantitative estimate of drug-likeness (QED) is 0.835. The SMILES string of the molecule is Cc1noc(C)c1CSCC(=O)N[C@@H](C(=O)O)C(C)(C)C. The standard InChI is InChI=1S/C14H22N2O4S/c1-8-10(9(2)20-16-8)6-21-7-11(17)15-12(13(18)19)14(3,4)5/h12H,6-7H2,1-5H3,(H,15,17)(H,18,19)/t12-/m0/s1. The Morgan fingerprint density at radius 1 is 1.38 bits per heavy atom. The van der Waals surface area contributed by atoms with E-state index in [9.17, 15) is 9.59 Å². The summed E-state index contributed by atoms with van der Waals surface area (Å²) in [5.41, 5.74) is 1.27. The Balaban J connectivity index is 2.49. The third-order valence-corrected chi connectivity index (χ3v) is 4.04. The summed E-state index contributed by atoms with van der Waals surface area (Å²) in [7, 11) is 0. The van der Waals surface area contributed by atoms with Crippen molar-refractivity contribution < 1.29 is 19.2 Å². The van der Waals surface area contributed by atoms with E-state index in [1.807, 2.05) is 13.8 Å². The first-order valence-corrected chi connectivity index (χ1v) is 7.80. The lowest BCUT2D eigenvalue weighted by Gasteiger charge is -2.27. The van der Waals surface area contributed by atoms with E-state index in [1.54, 1.807) is 20.8 Å². The maximum Gasteiger partial charge on any atom is 0.326 e. The first kappa shape index (κ1) is 17.6. The lowest BCUT2D eigenvalue weighted by atomic mass is 9.87. The van der Waals surface area contributed by atoms with Crippen molar-refractivity contribution in [3.05, 3.63) is 17.0 Å². The van der Waals surface area contributed by atoms with Crippen LogP contribution in [0.3, 0.4) is 0 Å². The zero-order chi connectivity index (χ0) is 16.2. The maximum atomic E-state index is 11.9. The number of rotatable bonds is 6. The molecule has 0 aliphatic rings. The van der Waals surface area contributed by atoms with Crippen molar-refractivity contribution in [2.24, 2.45) is 5.41 Å². The van der Waals surface area contributed by atoms with E-state index in [2.05, 4.69) is 10.5 Å². The summed E-state index contributed by atoms with van der Waals surface area (Å²) in [5, 5.41) is 15.6. The molecular weight excluding hydrogens is 292 g/mol. The second-order valence-electron chi connectivity index (χ2n) is 6.00. The average molecular weight is 314 g/mol. The van der Waals surface area contributed by atoms with Gasteiger partial charge in [-0.1, -0.05) is 25.9 Å². The number of hydrogen-bond donors (Lipinski definition) is 2. The molecule has 1 aromatic heterocycles. The molecule has 6 nitrogen and oxygen atoms in total. The van der Waals surface area contributed by atoms with Gasteiger partial charge in [0.2, 0.25) is 5.91 Å². The Bertz CT molecular complexity index is 500. The number of amides is 1. The average Bonchev–Trinajstić information content (AvgIpc) is 2.65. The summed E-state index contributed by atoms with van der Waals surface area (Å²) >= 11 is 1.41. The first-order valence-electron chi connectivity index (χ1n) is 6.64. The molecule has 2 N–H and O–H groups in total. The number of hydrogen-bond acceptors (Lipinski definition) is 5. The molecule has 0 unspecified atom stereocenters. The fourth-order valence-electron chi connectivity index (χ4n) is 1.81. The molecule has 0 saturated heterocycles. The number of nitrogens with one attached hydrogen (secondary N) is 1. The van der Waals surface area contributed by atoms with Crippen LogP contribution in [0.4, 0.5) is 0 Å². The van der Waals surface area contributed by atoms with Crippen LogP contribution in [0.25, 0.3) is 0 Å². The highest BCUT2D eigenvalue weighted by molar-refractivity contribution is 7.99. The summed E-state index contributed by atoms with van der Waals surface area (Å²) in [6, 6.07) is -0.898. The first-order chi connectivity index (χ1) is 9.62. The van der Waals surface area contributed by atoms with Crippen LogP contribution < -0.4 is 5.32 Å². The van der Waals surface area contributed by atoms with E-state index in [-0.39, 0.29) is 11.7 Å². The predicted octanol–water partition coefficient (Wildman–Crippen LogP) is 2.14. The molecule has 7 heteroatoms. The van der Waals surface area contributed by atoms with Gasteiger partial charge < -0.3 is 14.9 Å². The molecule has 118 valence electrons. The summed E-state index contributed by atoms with van der Waals surface area (Å²) in [4.78, 5) is 23.1. The van der Waals surface area contributed by atoms with Crippen LogP contribution in [0.15, 0.2) is 4.52 Å². The van der Waals surface area contributed by atoms with Crippen molar-refractivity contribution in [2.75, 3.05) is 5.75 Å². The van der Waals surface area contributed by atoms with Gasteiger partial charge in [-0.25, -0.2) is 4.79 Å². The van der Waals surface area contributed by atoms with E-state index in [0.29, 0.717) is 5.75 Å². The Hall–Kier alpha value is -1.50. The number of aryl methyl sites for hydroxylation is 2. The van der Waals surface area contributed by atoms with Crippen molar-refractivity contribution in [1.82, 2.24) is 10.5 Å². The van der Waals surface area contributed by atoms with Crippen LogP contribution in [0.2, 0.25) is 0 Å². The Labute approximate surface area is 128 Å². The van der Waals surface area contributed by atoms with Crippen LogP contribution in [-0.2, 0) is 15.3 Å².